The van der Waals surface area contributed by atoms with E-state index in [-0.39, 0.29) is 0 Å². The Morgan fingerprint density at radius 2 is 1.84 bits per heavy atom. The molecule has 19 heavy (non-hydrogen) atoms. The first-order chi connectivity index (χ1) is 9.26. The molecule has 2 nitrogen and oxygen atoms in total. The van der Waals surface area contributed by atoms with E-state index in [1.165, 1.54) is 16.5 Å². The molecule has 0 aliphatic carbocycles. The topological polar surface area (TPSA) is 14.2 Å². The summed E-state index contributed by atoms with van der Waals surface area (Å²) in [7, 11) is 1.69. The molecule has 1 heterocycles. The van der Waals surface area contributed by atoms with Crippen molar-refractivity contribution in [3.8, 4) is 5.75 Å². The van der Waals surface area contributed by atoms with E-state index >= 15 is 0 Å². The Kier molecular flexibility index (Phi) is 3.18. The monoisotopic (exact) mass is 271 g/mol. The Labute approximate surface area is 117 Å². The van der Waals surface area contributed by atoms with Crippen LogP contribution in [0.3, 0.4) is 0 Å². The van der Waals surface area contributed by atoms with Crippen molar-refractivity contribution in [1.29, 1.82) is 0 Å². The summed E-state index contributed by atoms with van der Waals surface area (Å²) in [5.41, 5.74) is 2.44. The number of benzene rings is 2. The van der Waals surface area contributed by atoms with Gasteiger partial charge in [-0.25, -0.2) is 0 Å². The van der Waals surface area contributed by atoms with Gasteiger partial charge in [-0.1, -0.05) is 23.7 Å². The van der Waals surface area contributed by atoms with Crippen LogP contribution in [-0.4, -0.2) is 11.7 Å². The number of ether oxygens (including phenoxy) is 1. The molecule has 0 aliphatic rings. The van der Waals surface area contributed by atoms with Gasteiger partial charge in [0.05, 0.1) is 7.11 Å². The van der Waals surface area contributed by atoms with E-state index in [0.29, 0.717) is 0 Å². The molecule has 0 amide bonds. The van der Waals surface area contributed by atoms with Crippen LogP contribution in [0.15, 0.2) is 54.7 Å². The van der Waals surface area contributed by atoms with Crippen molar-refractivity contribution in [3.63, 3.8) is 0 Å². The van der Waals surface area contributed by atoms with E-state index in [1.807, 2.05) is 24.3 Å². The van der Waals surface area contributed by atoms with Crippen LogP contribution >= 0.6 is 11.6 Å². The van der Waals surface area contributed by atoms with Crippen LogP contribution in [0, 0.1) is 0 Å². The van der Waals surface area contributed by atoms with E-state index in [0.717, 1.165) is 17.3 Å². The van der Waals surface area contributed by atoms with Gasteiger partial charge in [0.1, 0.15) is 5.75 Å². The van der Waals surface area contributed by atoms with E-state index in [4.69, 9.17) is 16.3 Å². The van der Waals surface area contributed by atoms with Crippen LogP contribution in [0.5, 0.6) is 5.75 Å². The van der Waals surface area contributed by atoms with Gasteiger partial charge in [0.2, 0.25) is 0 Å². The molecule has 3 aromatic rings. The van der Waals surface area contributed by atoms with Crippen LogP contribution in [0.4, 0.5) is 0 Å². The third kappa shape index (κ3) is 2.45. The van der Waals surface area contributed by atoms with Gasteiger partial charge in [0.25, 0.3) is 0 Å². The standard InChI is InChI=1S/C16H14ClNO/c1-19-15-6-7-16-13(10-15)8-9-18(16)11-12-2-4-14(17)5-3-12/h2-10H,11H2,1H3. The summed E-state index contributed by atoms with van der Waals surface area (Å²) in [6.07, 6.45) is 2.10. The van der Waals surface area contributed by atoms with Crippen LogP contribution in [0.2, 0.25) is 5.02 Å². The highest BCUT2D eigenvalue weighted by Gasteiger charge is 2.03. The highest BCUT2D eigenvalue weighted by atomic mass is 35.5. The van der Waals surface area contributed by atoms with Crippen molar-refractivity contribution in [3.05, 3.63) is 65.3 Å². The second-order valence-corrected chi connectivity index (χ2v) is 4.93. The van der Waals surface area contributed by atoms with E-state index in [1.54, 1.807) is 7.11 Å². The van der Waals surface area contributed by atoms with Crippen LogP contribution in [-0.2, 0) is 6.54 Å². The smallest absolute Gasteiger partial charge is 0.119 e. The second kappa shape index (κ2) is 4.98. The number of halogens is 1. The molecule has 0 atom stereocenters. The molecule has 0 aliphatic heterocycles. The number of fused-ring (bicyclic) bond motifs is 1. The van der Waals surface area contributed by atoms with E-state index in [2.05, 4.69) is 35.0 Å². The summed E-state index contributed by atoms with van der Waals surface area (Å²) < 4.78 is 7.46. The first kappa shape index (κ1) is 12.1. The molecule has 0 spiro atoms. The molecule has 0 fully saturated rings. The summed E-state index contributed by atoms with van der Waals surface area (Å²) in [4.78, 5) is 0. The van der Waals surface area contributed by atoms with Crippen molar-refractivity contribution < 1.29 is 4.74 Å². The Bertz CT molecular complexity index is 700. The molecular weight excluding hydrogens is 258 g/mol. The van der Waals surface area contributed by atoms with Crippen molar-refractivity contribution in [1.82, 2.24) is 4.57 Å². The minimum Gasteiger partial charge on any atom is -0.497 e. The molecule has 96 valence electrons. The lowest BCUT2D eigenvalue weighted by Crippen LogP contribution is -1.97. The first-order valence-electron chi connectivity index (χ1n) is 6.13. The minimum absolute atomic E-state index is 0.769. The van der Waals surface area contributed by atoms with Gasteiger partial charge in [-0.3, -0.25) is 0 Å². The maximum Gasteiger partial charge on any atom is 0.119 e. The molecule has 0 N–H and O–H groups in total. The summed E-state index contributed by atoms with van der Waals surface area (Å²) in [5, 5.41) is 1.96. The molecule has 3 rings (SSSR count). The van der Waals surface area contributed by atoms with Gasteiger partial charge < -0.3 is 9.30 Å². The maximum absolute atomic E-state index is 5.90. The van der Waals surface area contributed by atoms with E-state index in [9.17, 15) is 0 Å². The van der Waals surface area contributed by atoms with Gasteiger partial charge in [0.15, 0.2) is 0 Å². The molecule has 2 aromatic carbocycles. The third-order valence-corrected chi connectivity index (χ3v) is 3.50. The highest BCUT2D eigenvalue weighted by molar-refractivity contribution is 6.30. The Balaban J connectivity index is 1.95. The lowest BCUT2D eigenvalue weighted by atomic mass is 10.2. The fourth-order valence-corrected chi connectivity index (χ4v) is 2.36. The summed E-state index contributed by atoms with van der Waals surface area (Å²) in [6, 6.07) is 16.2. The maximum atomic E-state index is 5.90. The predicted molar refractivity (Wildman–Crippen MR) is 79.0 cm³/mol. The molecule has 3 heteroatoms. The van der Waals surface area contributed by atoms with Gasteiger partial charge >= 0.3 is 0 Å². The van der Waals surface area contributed by atoms with Crippen LogP contribution in [0.1, 0.15) is 5.56 Å². The van der Waals surface area contributed by atoms with Crippen molar-refractivity contribution in [2.24, 2.45) is 0 Å². The number of methoxy groups -OCH3 is 1. The zero-order chi connectivity index (χ0) is 13.2. The molecule has 0 saturated carbocycles. The number of rotatable bonds is 3. The Morgan fingerprint density at radius 1 is 1.05 bits per heavy atom. The average Bonchev–Trinajstić information content (AvgIpc) is 2.83. The minimum atomic E-state index is 0.769. The largest absolute Gasteiger partial charge is 0.497 e. The SMILES string of the molecule is COc1ccc2c(ccn2Cc2ccc(Cl)cc2)c1. The summed E-state index contributed by atoms with van der Waals surface area (Å²) in [6.45, 7) is 0.840. The van der Waals surface area contributed by atoms with Crippen molar-refractivity contribution in [2.75, 3.05) is 7.11 Å². The normalized spacial score (nSPS) is 10.8. The second-order valence-electron chi connectivity index (χ2n) is 4.49. The molecule has 0 radical (unpaired) electrons. The molecule has 0 unspecified atom stereocenters. The molecule has 1 aromatic heterocycles. The quantitative estimate of drug-likeness (QED) is 0.691. The lowest BCUT2D eigenvalue weighted by Gasteiger charge is -2.06. The van der Waals surface area contributed by atoms with Crippen molar-refractivity contribution in [2.45, 2.75) is 6.54 Å². The zero-order valence-corrected chi connectivity index (χ0v) is 11.4. The van der Waals surface area contributed by atoms with Gasteiger partial charge in [0, 0.05) is 28.7 Å². The Hall–Kier alpha value is -1.93. The van der Waals surface area contributed by atoms with Crippen LogP contribution < -0.4 is 4.74 Å². The third-order valence-electron chi connectivity index (χ3n) is 3.24. The summed E-state index contributed by atoms with van der Waals surface area (Å²) in [5.74, 6) is 0.886. The molecular formula is C16H14ClNO. The fourth-order valence-electron chi connectivity index (χ4n) is 2.23. The number of aromatic nitrogens is 1. The van der Waals surface area contributed by atoms with E-state index < -0.39 is 0 Å². The van der Waals surface area contributed by atoms with Crippen LogP contribution in [0.25, 0.3) is 10.9 Å². The number of hydrogen-bond donors (Lipinski definition) is 0. The average molecular weight is 272 g/mol. The molecule has 0 bridgehead atoms. The van der Waals surface area contributed by atoms with Gasteiger partial charge in [-0.2, -0.15) is 0 Å². The summed E-state index contributed by atoms with van der Waals surface area (Å²) >= 11 is 5.90. The van der Waals surface area contributed by atoms with Gasteiger partial charge in [-0.15, -0.1) is 0 Å². The molecule has 0 saturated heterocycles. The zero-order valence-electron chi connectivity index (χ0n) is 10.6. The highest BCUT2D eigenvalue weighted by Crippen LogP contribution is 2.22. The first-order valence-corrected chi connectivity index (χ1v) is 6.51. The van der Waals surface area contributed by atoms with Gasteiger partial charge in [-0.05, 0) is 42.0 Å². The fraction of sp³-hybridized carbons (Fsp3) is 0.125. The Morgan fingerprint density at radius 3 is 2.58 bits per heavy atom. The number of nitrogens with zero attached hydrogens (tertiary/aromatic N) is 1. The number of hydrogen-bond acceptors (Lipinski definition) is 1. The van der Waals surface area contributed by atoms with Crippen molar-refractivity contribution >= 4 is 22.5 Å². The predicted octanol–water partition coefficient (Wildman–Crippen LogP) is 4.35. The lowest BCUT2D eigenvalue weighted by molar-refractivity contribution is 0.415.